The number of amides is 1. The van der Waals surface area contributed by atoms with Crippen molar-refractivity contribution < 1.29 is 4.79 Å². The van der Waals surface area contributed by atoms with Gasteiger partial charge in [0.25, 0.3) is 0 Å². The molecular formula is C18H26N4OS. The second-order valence-corrected chi connectivity index (χ2v) is 8.21. The molecule has 1 N–H and O–H groups in total. The Balaban J connectivity index is 1.62. The molecule has 0 aromatic carbocycles. The van der Waals surface area contributed by atoms with Crippen LogP contribution in [0.1, 0.15) is 41.8 Å². The number of thiophene rings is 1. The number of aromatic nitrogens is 2. The molecule has 1 atom stereocenters. The number of hydrogen-bond donors (Lipinski definition) is 1. The van der Waals surface area contributed by atoms with Gasteiger partial charge in [0.1, 0.15) is 0 Å². The lowest BCUT2D eigenvalue weighted by molar-refractivity contribution is -0.124. The van der Waals surface area contributed by atoms with Crippen LogP contribution in [0.2, 0.25) is 0 Å². The molecule has 0 saturated carbocycles. The smallest absolute Gasteiger partial charge is 0.222 e. The second kappa shape index (κ2) is 7.49. The Morgan fingerprint density at radius 2 is 2.25 bits per heavy atom. The molecule has 0 radical (unpaired) electrons. The van der Waals surface area contributed by atoms with Crippen LogP contribution in [0.3, 0.4) is 0 Å². The van der Waals surface area contributed by atoms with Gasteiger partial charge in [-0.25, -0.2) is 0 Å². The Hall–Kier alpha value is -1.66. The first kappa shape index (κ1) is 17.2. The molecule has 6 heteroatoms. The first-order valence-electron chi connectivity index (χ1n) is 8.60. The normalized spacial score (nSPS) is 17.9. The number of fused-ring (bicyclic) bond motifs is 1. The summed E-state index contributed by atoms with van der Waals surface area (Å²) in [5.74, 6) is 0.160. The van der Waals surface area contributed by atoms with E-state index in [4.69, 9.17) is 0 Å². The maximum atomic E-state index is 11.7. The van der Waals surface area contributed by atoms with E-state index in [-0.39, 0.29) is 11.8 Å². The molecule has 0 aliphatic carbocycles. The monoisotopic (exact) mass is 346 g/mol. The number of nitrogens with one attached hydrogen (secondary N) is 1. The zero-order valence-corrected chi connectivity index (χ0v) is 15.5. The fraction of sp³-hybridized carbons (Fsp3) is 0.556. The minimum absolute atomic E-state index is 0.0372. The molecule has 0 saturated heterocycles. The zero-order valence-electron chi connectivity index (χ0n) is 14.7. The molecule has 24 heavy (non-hydrogen) atoms. The topological polar surface area (TPSA) is 50.2 Å². The third-order valence-corrected chi connectivity index (χ3v) is 5.41. The van der Waals surface area contributed by atoms with Crippen LogP contribution < -0.4 is 5.32 Å². The lowest BCUT2D eigenvalue weighted by Gasteiger charge is -2.33. The predicted molar refractivity (Wildman–Crippen MR) is 96.9 cm³/mol. The van der Waals surface area contributed by atoms with Gasteiger partial charge in [-0.15, -0.1) is 11.3 Å². The largest absolute Gasteiger partial charge is 0.356 e. The summed E-state index contributed by atoms with van der Waals surface area (Å²) in [5, 5.41) is 7.52. The molecule has 0 fully saturated rings. The molecular weight excluding hydrogens is 320 g/mol. The van der Waals surface area contributed by atoms with Gasteiger partial charge in [0.2, 0.25) is 5.91 Å². The van der Waals surface area contributed by atoms with E-state index in [0.717, 1.165) is 26.1 Å². The van der Waals surface area contributed by atoms with Crippen molar-refractivity contribution in [2.75, 3.05) is 13.1 Å². The van der Waals surface area contributed by atoms with Crippen molar-refractivity contribution in [3.05, 3.63) is 39.8 Å². The van der Waals surface area contributed by atoms with Gasteiger partial charge in [0.15, 0.2) is 0 Å². The highest BCUT2D eigenvalue weighted by Gasteiger charge is 2.25. The summed E-state index contributed by atoms with van der Waals surface area (Å²) < 4.78 is 2.14. The van der Waals surface area contributed by atoms with E-state index in [1.807, 2.05) is 31.4 Å². The lowest BCUT2D eigenvalue weighted by Crippen LogP contribution is -2.39. The molecule has 130 valence electrons. The summed E-state index contributed by atoms with van der Waals surface area (Å²) in [6.07, 6.45) is 2.79. The Labute approximate surface area is 147 Å². The van der Waals surface area contributed by atoms with E-state index in [9.17, 15) is 4.79 Å². The van der Waals surface area contributed by atoms with Crippen molar-refractivity contribution in [2.45, 2.75) is 46.3 Å². The van der Waals surface area contributed by atoms with Crippen LogP contribution in [0.5, 0.6) is 0 Å². The first-order chi connectivity index (χ1) is 11.5. The van der Waals surface area contributed by atoms with Gasteiger partial charge >= 0.3 is 0 Å². The van der Waals surface area contributed by atoms with Crippen LogP contribution in [0.15, 0.2) is 24.4 Å². The minimum Gasteiger partial charge on any atom is -0.356 e. The molecule has 1 amide bonds. The number of hydrogen-bond acceptors (Lipinski definition) is 4. The highest BCUT2D eigenvalue weighted by atomic mass is 32.1. The number of nitrogens with zero attached hydrogens (tertiary/aromatic N) is 3. The third kappa shape index (κ3) is 4.05. The number of carbonyl (C=O) groups excluding carboxylic acids is 1. The summed E-state index contributed by atoms with van der Waals surface area (Å²) in [5.41, 5.74) is 1.26. The number of rotatable bonds is 6. The van der Waals surface area contributed by atoms with Gasteiger partial charge < -0.3 is 5.32 Å². The number of carbonyl (C=O) groups is 1. The van der Waals surface area contributed by atoms with E-state index in [0.29, 0.717) is 12.6 Å². The minimum atomic E-state index is 0.0372. The summed E-state index contributed by atoms with van der Waals surface area (Å²) in [7, 11) is 0. The Kier molecular flexibility index (Phi) is 5.36. The highest BCUT2D eigenvalue weighted by Crippen LogP contribution is 2.26. The highest BCUT2D eigenvalue weighted by molar-refractivity contribution is 7.11. The van der Waals surface area contributed by atoms with Crippen LogP contribution in [0.4, 0.5) is 0 Å². The summed E-state index contributed by atoms with van der Waals surface area (Å²) in [6.45, 7) is 9.60. The molecule has 1 aliphatic heterocycles. The average Bonchev–Trinajstić information content (AvgIpc) is 3.16. The van der Waals surface area contributed by atoms with E-state index in [1.54, 1.807) is 0 Å². The van der Waals surface area contributed by atoms with Crippen LogP contribution in [-0.4, -0.2) is 33.7 Å². The maximum absolute atomic E-state index is 11.7. The fourth-order valence-electron chi connectivity index (χ4n) is 3.16. The van der Waals surface area contributed by atoms with Crippen molar-refractivity contribution in [1.29, 1.82) is 0 Å². The van der Waals surface area contributed by atoms with Gasteiger partial charge in [-0.05, 0) is 31.5 Å². The molecule has 0 unspecified atom stereocenters. The van der Waals surface area contributed by atoms with Crippen LogP contribution in [0, 0.1) is 12.8 Å². The Bertz CT molecular complexity index is 691. The van der Waals surface area contributed by atoms with Crippen LogP contribution in [0.25, 0.3) is 0 Å². The summed E-state index contributed by atoms with van der Waals surface area (Å²) in [6, 6.07) is 6.83. The first-order valence-corrected chi connectivity index (χ1v) is 9.42. The predicted octanol–water partition coefficient (Wildman–Crippen LogP) is 2.97. The second-order valence-electron chi connectivity index (χ2n) is 6.84. The molecule has 3 heterocycles. The average molecular weight is 347 g/mol. The summed E-state index contributed by atoms with van der Waals surface area (Å²) in [4.78, 5) is 17.0. The van der Waals surface area contributed by atoms with E-state index >= 15 is 0 Å². The lowest BCUT2D eigenvalue weighted by atomic mass is 10.1. The van der Waals surface area contributed by atoms with E-state index < -0.39 is 0 Å². The zero-order chi connectivity index (χ0) is 17.1. The molecule has 1 aliphatic rings. The van der Waals surface area contributed by atoms with Gasteiger partial charge in [0.05, 0.1) is 11.7 Å². The van der Waals surface area contributed by atoms with Crippen molar-refractivity contribution in [2.24, 2.45) is 5.92 Å². The summed E-state index contributed by atoms with van der Waals surface area (Å²) >= 11 is 1.87. The maximum Gasteiger partial charge on any atom is 0.222 e. The number of aryl methyl sites for hydroxylation is 1. The van der Waals surface area contributed by atoms with Crippen molar-refractivity contribution >= 4 is 17.2 Å². The molecule has 5 nitrogen and oxygen atoms in total. The van der Waals surface area contributed by atoms with Gasteiger partial charge in [-0.2, -0.15) is 5.10 Å². The fourth-order valence-corrected chi connectivity index (χ4v) is 4.09. The molecule has 2 aromatic rings. The van der Waals surface area contributed by atoms with E-state index in [2.05, 4.69) is 45.1 Å². The SMILES string of the molecule is Cc1ccc(CN2Cc3ccnn3[C@H](CCNC(=O)C(C)C)C2)s1. The molecule has 2 aromatic heterocycles. The van der Waals surface area contributed by atoms with Gasteiger partial charge in [-0.3, -0.25) is 14.4 Å². The van der Waals surface area contributed by atoms with Crippen LogP contribution in [-0.2, 0) is 17.9 Å². The van der Waals surface area contributed by atoms with Crippen molar-refractivity contribution in [3.63, 3.8) is 0 Å². The van der Waals surface area contributed by atoms with Gasteiger partial charge in [-0.1, -0.05) is 13.8 Å². The Morgan fingerprint density at radius 3 is 2.96 bits per heavy atom. The quantitative estimate of drug-likeness (QED) is 0.875. The molecule has 3 rings (SSSR count). The molecule has 0 spiro atoms. The van der Waals surface area contributed by atoms with E-state index in [1.165, 1.54) is 15.4 Å². The van der Waals surface area contributed by atoms with Crippen molar-refractivity contribution in [1.82, 2.24) is 20.0 Å². The Morgan fingerprint density at radius 1 is 1.42 bits per heavy atom. The third-order valence-electron chi connectivity index (χ3n) is 4.43. The van der Waals surface area contributed by atoms with Gasteiger partial charge in [0, 0.05) is 48.0 Å². The van der Waals surface area contributed by atoms with Crippen LogP contribution >= 0.6 is 11.3 Å². The standard InChI is InChI=1S/C18H26N4OS/c1-13(2)18(23)19-8-6-15-10-21(11-16-7-9-20-22(15)16)12-17-5-4-14(3)24-17/h4-5,7,9,13,15H,6,8,10-12H2,1-3H3,(H,19,23)/t15-/m1/s1. The molecule has 0 bridgehead atoms. The van der Waals surface area contributed by atoms with Crippen molar-refractivity contribution in [3.8, 4) is 0 Å².